The maximum absolute atomic E-state index is 13.2. The first-order valence-corrected chi connectivity index (χ1v) is 8.25. The van der Waals surface area contributed by atoms with Crippen molar-refractivity contribution in [3.8, 4) is 0 Å². The van der Waals surface area contributed by atoms with E-state index in [9.17, 15) is 23.2 Å². The van der Waals surface area contributed by atoms with E-state index in [1.165, 1.54) is 27.1 Å². The molecule has 1 N–H and O–H groups in total. The van der Waals surface area contributed by atoms with Crippen LogP contribution in [0.25, 0.3) is 0 Å². The summed E-state index contributed by atoms with van der Waals surface area (Å²) in [6.45, 7) is 1.52. The van der Waals surface area contributed by atoms with Crippen LogP contribution in [0, 0.1) is 11.6 Å². The van der Waals surface area contributed by atoms with Gasteiger partial charge in [0.25, 0.3) is 5.56 Å². The lowest BCUT2D eigenvalue weighted by molar-refractivity contribution is -0.118. The molecule has 11 heteroatoms. The maximum atomic E-state index is 13.2. The summed E-state index contributed by atoms with van der Waals surface area (Å²) >= 11 is 0.849. The molecule has 0 saturated heterocycles. The Morgan fingerprint density at radius 2 is 1.96 bits per heavy atom. The molecule has 0 aliphatic rings. The molecule has 8 nitrogen and oxygen atoms in total. The standard InChI is InChI=1S/C15H15F2N5O3S/c1-8(9-4-5-10(16)11(17)6-9)18-19-12(23)7-26-13-14(24)21(2)15(25)22(3)20-13/h4-6H,7H2,1-3H3,(H,19,23)/b18-8-. The molecule has 0 saturated carbocycles. The van der Waals surface area contributed by atoms with Crippen molar-refractivity contribution >= 4 is 23.4 Å². The number of hydrogen-bond donors (Lipinski definition) is 1. The van der Waals surface area contributed by atoms with Crippen molar-refractivity contribution in [2.24, 2.45) is 19.2 Å². The number of rotatable bonds is 5. The molecule has 1 aromatic carbocycles. The summed E-state index contributed by atoms with van der Waals surface area (Å²) in [6.07, 6.45) is 0. The minimum absolute atomic E-state index is 0.00828. The fraction of sp³-hybridized carbons (Fsp3) is 0.267. The number of benzene rings is 1. The molecule has 0 atom stereocenters. The third-order valence-electron chi connectivity index (χ3n) is 3.32. The first kappa shape index (κ1) is 19.5. The van der Waals surface area contributed by atoms with Crippen molar-refractivity contribution in [3.05, 3.63) is 56.2 Å². The molecule has 1 amide bonds. The van der Waals surface area contributed by atoms with Crippen LogP contribution in [-0.2, 0) is 18.9 Å². The van der Waals surface area contributed by atoms with Gasteiger partial charge in [-0.3, -0.25) is 14.2 Å². The van der Waals surface area contributed by atoms with Crippen LogP contribution in [0.5, 0.6) is 0 Å². The Balaban J connectivity index is 2.02. The largest absolute Gasteiger partial charge is 0.346 e. The van der Waals surface area contributed by atoms with E-state index >= 15 is 0 Å². The fourth-order valence-corrected chi connectivity index (χ4v) is 2.63. The van der Waals surface area contributed by atoms with E-state index in [2.05, 4.69) is 15.6 Å². The van der Waals surface area contributed by atoms with Gasteiger partial charge in [-0.25, -0.2) is 23.7 Å². The Morgan fingerprint density at radius 3 is 2.62 bits per heavy atom. The Morgan fingerprint density at radius 1 is 1.27 bits per heavy atom. The molecule has 138 valence electrons. The second kappa shape index (κ2) is 8.04. The minimum Gasteiger partial charge on any atom is -0.272 e. The highest BCUT2D eigenvalue weighted by molar-refractivity contribution is 7.99. The van der Waals surface area contributed by atoms with E-state index in [-0.39, 0.29) is 16.5 Å². The zero-order chi connectivity index (χ0) is 19.4. The Kier molecular flexibility index (Phi) is 6.03. The van der Waals surface area contributed by atoms with Crippen LogP contribution in [-0.4, -0.2) is 31.7 Å². The Hall–Kier alpha value is -2.82. The molecule has 0 bridgehead atoms. The van der Waals surface area contributed by atoms with Crippen LogP contribution in [0.15, 0.2) is 37.9 Å². The van der Waals surface area contributed by atoms with Crippen LogP contribution in [0.3, 0.4) is 0 Å². The van der Waals surface area contributed by atoms with Crippen LogP contribution in [0.4, 0.5) is 8.78 Å². The van der Waals surface area contributed by atoms with Crippen molar-refractivity contribution in [2.45, 2.75) is 11.9 Å². The second-order valence-electron chi connectivity index (χ2n) is 5.23. The topological polar surface area (TPSA) is 98.3 Å². The summed E-state index contributed by atoms with van der Waals surface area (Å²) in [6, 6.07) is 3.26. The molecular weight excluding hydrogens is 368 g/mol. The first-order valence-electron chi connectivity index (χ1n) is 7.26. The zero-order valence-corrected chi connectivity index (χ0v) is 14.9. The minimum atomic E-state index is -1.02. The third-order valence-corrected chi connectivity index (χ3v) is 4.25. The number of nitrogens with zero attached hydrogens (tertiary/aromatic N) is 4. The average molecular weight is 383 g/mol. The summed E-state index contributed by atoms with van der Waals surface area (Å²) in [5, 5.41) is 7.60. The highest BCUT2D eigenvalue weighted by Crippen LogP contribution is 2.10. The van der Waals surface area contributed by atoms with E-state index in [1.54, 1.807) is 0 Å². The second-order valence-corrected chi connectivity index (χ2v) is 6.19. The lowest BCUT2D eigenvalue weighted by Gasteiger charge is -2.05. The average Bonchev–Trinajstić information content (AvgIpc) is 2.62. The van der Waals surface area contributed by atoms with Gasteiger partial charge in [-0.15, -0.1) is 0 Å². The molecule has 0 unspecified atom stereocenters. The molecule has 2 aromatic rings. The van der Waals surface area contributed by atoms with Crippen molar-refractivity contribution in [3.63, 3.8) is 0 Å². The predicted molar refractivity (Wildman–Crippen MR) is 92.2 cm³/mol. The molecule has 1 aromatic heterocycles. The smallest absolute Gasteiger partial charge is 0.272 e. The van der Waals surface area contributed by atoms with Gasteiger partial charge in [0.2, 0.25) is 5.91 Å². The monoisotopic (exact) mass is 383 g/mol. The highest BCUT2D eigenvalue weighted by atomic mass is 32.2. The zero-order valence-electron chi connectivity index (χ0n) is 14.1. The molecule has 26 heavy (non-hydrogen) atoms. The van der Waals surface area contributed by atoms with E-state index in [0.29, 0.717) is 5.56 Å². The van der Waals surface area contributed by atoms with Gasteiger partial charge in [0.05, 0.1) is 11.5 Å². The quantitative estimate of drug-likeness (QED) is 0.458. The number of nitrogens with one attached hydrogen (secondary N) is 1. The number of amides is 1. The van der Waals surface area contributed by atoms with Gasteiger partial charge in [-0.05, 0) is 25.1 Å². The van der Waals surface area contributed by atoms with Gasteiger partial charge in [-0.1, -0.05) is 11.8 Å². The van der Waals surface area contributed by atoms with Crippen molar-refractivity contribution < 1.29 is 13.6 Å². The van der Waals surface area contributed by atoms with E-state index < -0.39 is 28.8 Å². The normalized spacial score (nSPS) is 11.5. The van der Waals surface area contributed by atoms with Crippen molar-refractivity contribution in [1.29, 1.82) is 0 Å². The molecule has 0 fully saturated rings. The lowest BCUT2D eigenvalue weighted by atomic mass is 10.1. The van der Waals surface area contributed by atoms with Gasteiger partial charge in [0.15, 0.2) is 16.7 Å². The number of hydrogen-bond acceptors (Lipinski definition) is 6. The molecule has 0 radical (unpaired) electrons. The van der Waals surface area contributed by atoms with Crippen LogP contribution < -0.4 is 16.7 Å². The summed E-state index contributed by atoms with van der Waals surface area (Å²) in [5.74, 6) is -2.70. The third kappa shape index (κ3) is 4.42. The Bertz CT molecular complexity index is 1000. The lowest BCUT2D eigenvalue weighted by Crippen LogP contribution is -2.39. The molecule has 0 aliphatic heterocycles. The number of carbonyl (C=O) groups excluding carboxylic acids is 1. The molecule has 0 aliphatic carbocycles. The van der Waals surface area contributed by atoms with Crippen LogP contribution in [0.2, 0.25) is 0 Å². The molecule has 1 heterocycles. The van der Waals surface area contributed by atoms with Crippen LogP contribution in [0.1, 0.15) is 12.5 Å². The summed E-state index contributed by atoms with van der Waals surface area (Å²) in [7, 11) is 2.70. The van der Waals surface area contributed by atoms with Crippen LogP contribution >= 0.6 is 11.8 Å². The highest BCUT2D eigenvalue weighted by Gasteiger charge is 2.12. The van der Waals surface area contributed by atoms with Crippen molar-refractivity contribution in [1.82, 2.24) is 19.8 Å². The van der Waals surface area contributed by atoms with Gasteiger partial charge < -0.3 is 0 Å². The number of hydrazone groups is 1. The number of carbonyl (C=O) groups is 1. The number of thioether (sulfide) groups is 1. The summed E-state index contributed by atoms with van der Waals surface area (Å²) < 4.78 is 28.0. The Labute approximate surface area is 150 Å². The number of aromatic nitrogens is 3. The van der Waals surface area contributed by atoms with Gasteiger partial charge in [0.1, 0.15) is 0 Å². The van der Waals surface area contributed by atoms with Crippen molar-refractivity contribution in [2.75, 3.05) is 5.75 Å². The van der Waals surface area contributed by atoms with Gasteiger partial charge >= 0.3 is 5.69 Å². The number of halogens is 2. The summed E-state index contributed by atoms with van der Waals surface area (Å²) in [4.78, 5) is 35.3. The summed E-state index contributed by atoms with van der Waals surface area (Å²) in [5.41, 5.74) is 1.66. The number of aryl methyl sites for hydroxylation is 1. The van der Waals surface area contributed by atoms with E-state index in [4.69, 9.17) is 0 Å². The van der Waals surface area contributed by atoms with Gasteiger partial charge in [-0.2, -0.15) is 10.2 Å². The fourth-order valence-electron chi connectivity index (χ4n) is 1.86. The van der Waals surface area contributed by atoms with Gasteiger partial charge in [0, 0.05) is 19.7 Å². The predicted octanol–water partition coefficient (Wildman–Crippen LogP) is 0.390. The van der Waals surface area contributed by atoms with E-state index in [0.717, 1.165) is 33.1 Å². The first-order chi connectivity index (χ1) is 12.2. The maximum Gasteiger partial charge on any atom is 0.346 e. The van der Waals surface area contributed by atoms with E-state index in [1.807, 2.05) is 0 Å². The molecular formula is C15H15F2N5O3S. The SMILES string of the molecule is C/C(=N/NC(=O)CSc1nn(C)c(=O)n(C)c1=O)c1ccc(F)c(F)c1. The molecule has 2 rings (SSSR count). The molecule has 0 spiro atoms.